The molecule has 1 heteroatoms. The Balaban J connectivity index is 3.20. The largest absolute Gasteiger partial charge is 0.378 e. The zero-order valence-electron chi connectivity index (χ0n) is 7.94. The number of rotatable bonds is 7. The molecule has 1 radical (unpaired) electrons. The van der Waals surface area contributed by atoms with Crippen LogP contribution in [0.1, 0.15) is 46.0 Å². The lowest BCUT2D eigenvalue weighted by Crippen LogP contribution is -2.11. The van der Waals surface area contributed by atoms with Gasteiger partial charge in [-0.25, -0.2) is 0 Å². The van der Waals surface area contributed by atoms with Crippen LogP contribution in [-0.2, 0) is 4.74 Å². The summed E-state index contributed by atoms with van der Waals surface area (Å²) in [6.07, 6.45) is 6.09. The summed E-state index contributed by atoms with van der Waals surface area (Å²) in [7, 11) is 0. The number of hydrogen-bond acceptors (Lipinski definition) is 1. The van der Waals surface area contributed by atoms with E-state index < -0.39 is 0 Å². The molecule has 0 saturated heterocycles. The Labute approximate surface area is 71.1 Å². The van der Waals surface area contributed by atoms with Gasteiger partial charge in [0.2, 0.25) is 0 Å². The minimum atomic E-state index is 0.457. The molecule has 1 nitrogen and oxygen atoms in total. The van der Waals surface area contributed by atoms with E-state index in [0.29, 0.717) is 6.10 Å². The van der Waals surface area contributed by atoms with Gasteiger partial charge in [-0.2, -0.15) is 0 Å². The molecule has 0 aromatic rings. The van der Waals surface area contributed by atoms with Crippen molar-refractivity contribution < 1.29 is 4.74 Å². The van der Waals surface area contributed by atoms with Gasteiger partial charge in [0, 0.05) is 6.61 Å². The van der Waals surface area contributed by atoms with Crippen molar-refractivity contribution in [3.63, 3.8) is 0 Å². The summed E-state index contributed by atoms with van der Waals surface area (Å²) in [6.45, 7) is 9.11. The van der Waals surface area contributed by atoms with E-state index in [-0.39, 0.29) is 0 Å². The lowest BCUT2D eigenvalue weighted by molar-refractivity contribution is 0.0437. The maximum Gasteiger partial charge on any atom is 0.0572 e. The smallest absolute Gasteiger partial charge is 0.0572 e. The molecule has 67 valence electrons. The Hall–Kier alpha value is -0.0400. The van der Waals surface area contributed by atoms with Gasteiger partial charge in [-0.05, 0) is 19.3 Å². The average molecular weight is 157 g/mol. The molecule has 11 heavy (non-hydrogen) atoms. The van der Waals surface area contributed by atoms with E-state index in [1.165, 1.54) is 12.8 Å². The van der Waals surface area contributed by atoms with Crippen molar-refractivity contribution in [2.24, 2.45) is 0 Å². The van der Waals surface area contributed by atoms with Crippen LogP contribution in [0.15, 0.2) is 0 Å². The summed E-state index contributed by atoms with van der Waals surface area (Å²) in [4.78, 5) is 0. The Bertz CT molecular complexity index is 71.3. The van der Waals surface area contributed by atoms with Crippen molar-refractivity contribution in [1.29, 1.82) is 0 Å². The molecule has 0 bridgehead atoms. The molecule has 0 aliphatic carbocycles. The fourth-order valence-electron chi connectivity index (χ4n) is 1.03. The first-order chi connectivity index (χ1) is 5.35. The third-order valence-corrected chi connectivity index (χ3v) is 1.83. The molecule has 0 aliphatic heterocycles. The van der Waals surface area contributed by atoms with E-state index in [1.807, 2.05) is 0 Å². The highest BCUT2D eigenvalue weighted by Gasteiger charge is 2.03. The SMILES string of the molecule is [CH2]CCC(CC)OCCCC. The third kappa shape index (κ3) is 6.36. The van der Waals surface area contributed by atoms with Crippen molar-refractivity contribution >= 4 is 0 Å². The molecule has 1 atom stereocenters. The molecule has 0 N–H and O–H groups in total. The van der Waals surface area contributed by atoms with Crippen molar-refractivity contribution in [3.8, 4) is 0 Å². The van der Waals surface area contributed by atoms with Crippen molar-refractivity contribution in [1.82, 2.24) is 0 Å². The van der Waals surface area contributed by atoms with Crippen LogP contribution in [0, 0.1) is 6.92 Å². The molecule has 0 spiro atoms. The fourth-order valence-corrected chi connectivity index (χ4v) is 1.03. The van der Waals surface area contributed by atoms with E-state index in [1.54, 1.807) is 0 Å². The van der Waals surface area contributed by atoms with Crippen LogP contribution in [0.2, 0.25) is 0 Å². The minimum absolute atomic E-state index is 0.457. The quantitative estimate of drug-likeness (QED) is 0.516. The lowest BCUT2D eigenvalue weighted by atomic mass is 10.1. The van der Waals surface area contributed by atoms with E-state index in [2.05, 4.69) is 20.8 Å². The highest BCUT2D eigenvalue weighted by atomic mass is 16.5. The summed E-state index contributed by atoms with van der Waals surface area (Å²) in [5.74, 6) is 0. The van der Waals surface area contributed by atoms with Crippen molar-refractivity contribution in [2.45, 2.75) is 52.1 Å². The number of unbranched alkanes of at least 4 members (excludes halogenated alkanes) is 1. The summed E-state index contributed by atoms with van der Waals surface area (Å²) in [5, 5.41) is 0. The first kappa shape index (κ1) is 11.0. The summed E-state index contributed by atoms with van der Waals surface area (Å²) in [5.41, 5.74) is 0. The van der Waals surface area contributed by atoms with Gasteiger partial charge < -0.3 is 4.74 Å². The molecule has 0 heterocycles. The van der Waals surface area contributed by atoms with Crippen LogP contribution in [0.5, 0.6) is 0 Å². The zero-order valence-corrected chi connectivity index (χ0v) is 7.94. The van der Waals surface area contributed by atoms with Crippen LogP contribution in [0.3, 0.4) is 0 Å². The van der Waals surface area contributed by atoms with Crippen LogP contribution < -0.4 is 0 Å². The van der Waals surface area contributed by atoms with Gasteiger partial charge in [-0.15, -0.1) is 0 Å². The molecule has 0 amide bonds. The van der Waals surface area contributed by atoms with Crippen molar-refractivity contribution in [2.75, 3.05) is 6.61 Å². The van der Waals surface area contributed by atoms with Gasteiger partial charge in [0.05, 0.1) is 6.10 Å². The topological polar surface area (TPSA) is 9.23 Å². The standard InChI is InChI=1S/C10H21O/c1-4-7-9-11-10(6-3)8-5-2/h10H,2,4-9H2,1,3H3. The van der Waals surface area contributed by atoms with Gasteiger partial charge in [-0.3, -0.25) is 0 Å². The number of ether oxygens (including phenoxy) is 1. The Morgan fingerprint density at radius 1 is 1.36 bits per heavy atom. The molecule has 0 aromatic carbocycles. The molecule has 0 rings (SSSR count). The van der Waals surface area contributed by atoms with Gasteiger partial charge in [-0.1, -0.05) is 33.6 Å². The van der Waals surface area contributed by atoms with Crippen molar-refractivity contribution in [3.05, 3.63) is 6.92 Å². The first-order valence-electron chi connectivity index (χ1n) is 4.76. The maximum absolute atomic E-state index is 5.63. The second-order valence-electron chi connectivity index (χ2n) is 2.90. The predicted octanol–water partition coefficient (Wildman–Crippen LogP) is 3.20. The second kappa shape index (κ2) is 8.06. The summed E-state index contributed by atoms with van der Waals surface area (Å²) in [6, 6.07) is 0. The van der Waals surface area contributed by atoms with Gasteiger partial charge in [0.15, 0.2) is 0 Å². The molecule has 0 aliphatic rings. The van der Waals surface area contributed by atoms with Crippen LogP contribution in [-0.4, -0.2) is 12.7 Å². The Morgan fingerprint density at radius 2 is 2.09 bits per heavy atom. The summed E-state index contributed by atoms with van der Waals surface area (Å²) < 4.78 is 5.63. The second-order valence-corrected chi connectivity index (χ2v) is 2.90. The monoisotopic (exact) mass is 157 g/mol. The molecular weight excluding hydrogens is 136 g/mol. The van der Waals surface area contributed by atoms with E-state index in [0.717, 1.165) is 25.9 Å². The highest BCUT2D eigenvalue weighted by Crippen LogP contribution is 2.06. The maximum atomic E-state index is 5.63. The van der Waals surface area contributed by atoms with Crippen LogP contribution in [0.25, 0.3) is 0 Å². The lowest BCUT2D eigenvalue weighted by Gasteiger charge is -2.14. The first-order valence-corrected chi connectivity index (χ1v) is 4.76. The Kier molecular flexibility index (Phi) is 8.03. The van der Waals surface area contributed by atoms with E-state index >= 15 is 0 Å². The van der Waals surface area contributed by atoms with Gasteiger partial charge in [0.25, 0.3) is 0 Å². The normalized spacial score (nSPS) is 13.4. The zero-order chi connectivity index (χ0) is 8.53. The molecular formula is C10H21O. The van der Waals surface area contributed by atoms with E-state index in [9.17, 15) is 0 Å². The fraction of sp³-hybridized carbons (Fsp3) is 0.900. The Morgan fingerprint density at radius 3 is 2.55 bits per heavy atom. The number of hydrogen-bond donors (Lipinski definition) is 0. The molecule has 0 aromatic heterocycles. The molecule has 1 unspecified atom stereocenters. The van der Waals surface area contributed by atoms with Crippen LogP contribution >= 0.6 is 0 Å². The molecule has 0 fully saturated rings. The third-order valence-electron chi connectivity index (χ3n) is 1.83. The summed E-state index contributed by atoms with van der Waals surface area (Å²) >= 11 is 0. The van der Waals surface area contributed by atoms with Gasteiger partial charge >= 0.3 is 0 Å². The van der Waals surface area contributed by atoms with Crippen LogP contribution in [0.4, 0.5) is 0 Å². The molecule has 0 saturated carbocycles. The predicted molar refractivity (Wildman–Crippen MR) is 49.5 cm³/mol. The highest BCUT2D eigenvalue weighted by molar-refractivity contribution is 4.56. The minimum Gasteiger partial charge on any atom is -0.378 e. The van der Waals surface area contributed by atoms with Gasteiger partial charge in [0.1, 0.15) is 0 Å². The average Bonchev–Trinajstić information content (AvgIpc) is 2.03. The van der Waals surface area contributed by atoms with E-state index in [4.69, 9.17) is 4.74 Å².